The molecule has 8 nitrogen and oxygen atoms in total. The van der Waals surface area contributed by atoms with Crippen molar-refractivity contribution in [3.63, 3.8) is 0 Å². The summed E-state index contributed by atoms with van der Waals surface area (Å²) in [4.78, 5) is 4.00. The zero-order valence-electron chi connectivity index (χ0n) is 6.49. The Morgan fingerprint density at radius 3 is 2.42 bits per heavy atom. The molecule has 1 atom stereocenters. The Hall–Kier alpha value is -0.930. The van der Waals surface area contributed by atoms with Crippen LogP contribution in [0.25, 0.3) is 0 Å². The first-order valence-electron chi connectivity index (χ1n) is 3.48. The van der Waals surface area contributed by atoms with Crippen molar-refractivity contribution >= 4 is 5.96 Å². The lowest BCUT2D eigenvalue weighted by molar-refractivity contribution is 0.462. The van der Waals surface area contributed by atoms with Crippen LogP contribution in [0.15, 0.2) is 4.99 Å². The van der Waals surface area contributed by atoms with E-state index in [0.717, 1.165) is 0 Å². The predicted molar refractivity (Wildman–Crippen MR) is 45.0 cm³/mol. The summed E-state index contributed by atoms with van der Waals surface area (Å²) in [7, 11) is 0. The fourth-order valence-corrected chi connectivity index (χ4v) is 0.759. The summed E-state index contributed by atoms with van der Waals surface area (Å²) in [6.45, 7) is 0. The smallest absolute Gasteiger partial charge is 0.210 e. The molecule has 1 aliphatic heterocycles. The van der Waals surface area contributed by atoms with Crippen molar-refractivity contribution in [1.29, 1.82) is 0 Å². The number of hydrogen-bond acceptors (Lipinski definition) is 8. The average molecular weight is 174 g/mol. The average Bonchev–Trinajstić information content (AvgIpc) is 2.34. The molecule has 0 aromatic rings. The second-order valence-corrected chi connectivity index (χ2v) is 2.44. The molecule has 11 N–H and O–H groups in total. The standard InChI is InChI=1S/C4H14N8/c5-1(6)2-9-4(12-11-2)10-3(7)8/h1-3,11H,5-8H2,(H2,9,10,12). The Morgan fingerprint density at radius 2 is 2.00 bits per heavy atom. The number of hydrazine groups is 1. The van der Waals surface area contributed by atoms with Crippen molar-refractivity contribution in [2.24, 2.45) is 27.9 Å². The van der Waals surface area contributed by atoms with E-state index in [1.165, 1.54) is 0 Å². The Labute approximate surface area is 69.7 Å². The minimum Gasteiger partial charge on any atom is -0.328 e. The van der Waals surface area contributed by atoms with Crippen molar-refractivity contribution in [3.8, 4) is 0 Å². The van der Waals surface area contributed by atoms with E-state index in [4.69, 9.17) is 22.9 Å². The van der Waals surface area contributed by atoms with E-state index in [1.807, 2.05) is 0 Å². The largest absolute Gasteiger partial charge is 0.328 e. The zero-order valence-corrected chi connectivity index (χ0v) is 6.49. The van der Waals surface area contributed by atoms with Gasteiger partial charge in [0.2, 0.25) is 5.96 Å². The molecule has 1 heterocycles. The van der Waals surface area contributed by atoms with Gasteiger partial charge in [-0.1, -0.05) is 0 Å². The fraction of sp³-hybridized carbons (Fsp3) is 0.750. The van der Waals surface area contributed by atoms with Crippen LogP contribution in [0.4, 0.5) is 0 Å². The van der Waals surface area contributed by atoms with Gasteiger partial charge in [-0.2, -0.15) is 0 Å². The molecule has 1 unspecified atom stereocenters. The second-order valence-electron chi connectivity index (χ2n) is 2.44. The Morgan fingerprint density at radius 1 is 1.33 bits per heavy atom. The molecular weight excluding hydrogens is 160 g/mol. The van der Waals surface area contributed by atoms with Crippen LogP contribution in [0.2, 0.25) is 0 Å². The number of guanidine groups is 1. The third-order valence-electron chi connectivity index (χ3n) is 1.27. The van der Waals surface area contributed by atoms with Gasteiger partial charge in [-0.15, -0.1) is 0 Å². The minimum absolute atomic E-state index is 0.355. The monoisotopic (exact) mass is 174 g/mol. The van der Waals surface area contributed by atoms with Gasteiger partial charge >= 0.3 is 0 Å². The summed E-state index contributed by atoms with van der Waals surface area (Å²) in [5, 5.41) is 2.65. The normalized spacial score (nSPS) is 22.8. The van der Waals surface area contributed by atoms with E-state index in [1.54, 1.807) is 0 Å². The molecule has 0 fully saturated rings. The number of aliphatic imine (C=N–C) groups is 1. The maximum absolute atomic E-state index is 5.37. The number of hydrogen-bond donors (Lipinski definition) is 7. The van der Waals surface area contributed by atoms with Gasteiger partial charge in [-0.3, -0.25) is 16.9 Å². The molecule has 0 amide bonds. The molecule has 0 radical (unpaired) electrons. The zero-order chi connectivity index (χ0) is 9.14. The molecule has 0 aliphatic carbocycles. The van der Waals surface area contributed by atoms with Gasteiger partial charge < -0.3 is 16.8 Å². The highest BCUT2D eigenvalue weighted by molar-refractivity contribution is 5.81. The molecule has 8 heteroatoms. The summed E-state index contributed by atoms with van der Waals surface area (Å²) in [6, 6.07) is 0. The van der Waals surface area contributed by atoms with Crippen molar-refractivity contribution < 1.29 is 0 Å². The summed E-state index contributed by atoms with van der Waals surface area (Å²) >= 11 is 0. The first-order valence-corrected chi connectivity index (χ1v) is 3.48. The van der Waals surface area contributed by atoms with Crippen LogP contribution in [0.3, 0.4) is 0 Å². The SMILES string of the molecule is NC(N)NC1=NC(C(N)N)NN1. The summed E-state index contributed by atoms with van der Waals surface area (Å²) in [5.41, 5.74) is 26.7. The van der Waals surface area contributed by atoms with Crippen LogP contribution >= 0.6 is 0 Å². The summed E-state index contributed by atoms with van der Waals surface area (Å²) in [6.07, 6.45) is -1.58. The molecular formula is C4H14N8. The fourth-order valence-electron chi connectivity index (χ4n) is 0.759. The lowest BCUT2D eigenvalue weighted by Gasteiger charge is -2.09. The Balaban J connectivity index is 2.43. The van der Waals surface area contributed by atoms with Gasteiger partial charge in [0.1, 0.15) is 12.5 Å². The van der Waals surface area contributed by atoms with Crippen molar-refractivity contribution in [3.05, 3.63) is 0 Å². The Kier molecular flexibility index (Phi) is 2.78. The summed E-state index contributed by atoms with van der Waals surface area (Å²) in [5.74, 6) is 0.441. The van der Waals surface area contributed by atoms with Gasteiger partial charge in [-0.05, 0) is 0 Å². The lowest BCUT2D eigenvalue weighted by Crippen LogP contribution is -2.54. The molecule has 70 valence electrons. The molecule has 0 bridgehead atoms. The highest BCUT2D eigenvalue weighted by Gasteiger charge is 2.19. The topological polar surface area (TPSA) is 153 Å². The molecule has 1 aliphatic rings. The summed E-state index contributed by atoms with van der Waals surface area (Å²) < 4.78 is 0. The predicted octanol–water partition coefficient (Wildman–Crippen LogP) is -4.19. The van der Waals surface area contributed by atoms with Gasteiger partial charge in [-0.25, -0.2) is 10.4 Å². The van der Waals surface area contributed by atoms with E-state index < -0.39 is 12.5 Å². The van der Waals surface area contributed by atoms with Gasteiger partial charge in [0.25, 0.3) is 0 Å². The molecule has 0 saturated carbocycles. The van der Waals surface area contributed by atoms with Crippen molar-refractivity contribution in [2.75, 3.05) is 0 Å². The van der Waals surface area contributed by atoms with Crippen molar-refractivity contribution in [2.45, 2.75) is 18.6 Å². The maximum Gasteiger partial charge on any atom is 0.210 e. The quantitative estimate of drug-likeness (QED) is 0.209. The van der Waals surface area contributed by atoms with E-state index in [9.17, 15) is 0 Å². The van der Waals surface area contributed by atoms with E-state index in [2.05, 4.69) is 21.2 Å². The third kappa shape index (κ3) is 2.29. The van der Waals surface area contributed by atoms with Gasteiger partial charge in [0, 0.05) is 0 Å². The third-order valence-corrected chi connectivity index (χ3v) is 1.27. The molecule has 0 saturated heterocycles. The molecule has 0 spiro atoms. The first-order chi connectivity index (χ1) is 5.59. The molecule has 12 heavy (non-hydrogen) atoms. The second kappa shape index (κ2) is 3.65. The van der Waals surface area contributed by atoms with Crippen LogP contribution in [-0.2, 0) is 0 Å². The van der Waals surface area contributed by atoms with E-state index in [-0.39, 0.29) is 6.17 Å². The highest BCUT2D eigenvalue weighted by Crippen LogP contribution is 1.91. The van der Waals surface area contributed by atoms with Crippen LogP contribution in [-0.4, -0.2) is 24.6 Å². The maximum atomic E-state index is 5.37. The lowest BCUT2D eigenvalue weighted by atomic mass is 10.4. The number of nitrogens with two attached hydrogens (primary N) is 4. The molecule has 1 rings (SSSR count). The van der Waals surface area contributed by atoms with Gasteiger partial charge in [0.15, 0.2) is 0 Å². The van der Waals surface area contributed by atoms with E-state index in [0.29, 0.717) is 5.96 Å². The minimum atomic E-state index is -0.661. The molecule has 0 aromatic carbocycles. The number of rotatable bonds is 2. The first kappa shape index (κ1) is 9.16. The van der Waals surface area contributed by atoms with Crippen molar-refractivity contribution in [1.82, 2.24) is 16.2 Å². The van der Waals surface area contributed by atoms with E-state index >= 15 is 0 Å². The van der Waals surface area contributed by atoms with Crippen LogP contribution in [0.1, 0.15) is 0 Å². The van der Waals surface area contributed by atoms with Crippen LogP contribution < -0.4 is 39.1 Å². The van der Waals surface area contributed by atoms with Crippen LogP contribution in [0.5, 0.6) is 0 Å². The van der Waals surface area contributed by atoms with Gasteiger partial charge in [0.05, 0.1) is 6.17 Å². The molecule has 0 aromatic heterocycles. The number of nitrogens with zero attached hydrogens (tertiary/aromatic N) is 1. The van der Waals surface area contributed by atoms with Crippen LogP contribution in [0, 0.1) is 0 Å². The Bertz CT molecular complexity index is 174. The highest BCUT2D eigenvalue weighted by atomic mass is 15.5. The number of nitrogens with one attached hydrogen (secondary N) is 3.